The van der Waals surface area contributed by atoms with Crippen LogP contribution in [0.5, 0.6) is 0 Å². The number of benzene rings is 1. The molecule has 1 aromatic carbocycles. The van der Waals surface area contributed by atoms with Crippen molar-refractivity contribution in [2.24, 2.45) is 23.7 Å². The summed E-state index contributed by atoms with van der Waals surface area (Å²) in [6.45, 7) is 0.175. The first kappa shape index (κ1) is 14.8. The fraction of sp³-hybridized carbons (Fsp3) is 0.474. The summed E-state index contributed by atoms with van der Waals surface area (Å²) in [6, 6.07) is 6.70. The maximum atomic E-state index is 12.7. The zero-order valence-corrected chi connectivity index (χ0v) is 13.7. The first-order valence-electron chi connectivity index (χ1n) is 8.88. The Balaban J connectivity index is 1.33. The second-order valence-corrected chi connectivity index (χ2v) is 7.52. The summed E-state index contributed by atoms with van der Waals surface area (Å²) in [5, 5.41) is 0. The average molecular weight is 338 g/mol. The van der Waals surface area contributed by atoms with Crippen molar-refractivity contribution < 1.29 is 19.2 Å². The molecule has 5 rings (SSSR count). The fourth-order valence-corrected chi connectivity index (χ4v) is 5.33. The number of carbonyl (C=O) groups excluding carboxylic acids is 4. The lowest BCUT2D eigenvalue weighted by atomic mass is 9.81. The molecular weight excluding hydrogens is 320 g/mol. The molecule has 1 aromatic rings. The van der Waals surface area contributed by atoms with Gasteiger partial charge in [-0.15, -0.1) is 0 Å². The molecule has 4 aliphatic rings. The highest BCUT2D eigenvalue weighted by molar-refractivity contribution is 6.21. The van der Waals surface area contributed by atoms with E-state index in [0.29, 0.717) is 23.0 Å². The molecule has 4 amide bonds. The van der Waals surface area contributed by atoms with Crippen molar-refractivity contribution in [2.45, 2.75) is 19.3 Å². The van der Waals surface area contributed by atoms with Gasteiger partial charge in [0.05, 0.1) is 23.0 Å². The van der Waals surface area contributed by atoms with Crippen molar-refractivity contribution >= 4 is 23.6 Å². The first-order valence-corrected chi connectivity index (χ1v) is 8.88. The van der Waals surface area contributed by atoms with Crippen LogP contribution >= 0.6 is 0 Å². The van der Waals surface area contributed by atoms with Crippen LogP contribution in [0.2, 0.25) is 0 Å². The van der Waals surface area contributed by atoms with Gasteiger partial charge in [0, 0.05) is 13.1 Å². The molecule has 4 atom stereocenters. The van der Waals surface area contributed by atoms with Crippen molar-refractivity contribution in [3.8, 4) is 0 Å². The van der Waals surface area contributed by atoms with Gasteiger partial charge < -0.3 is 0 Å². The SMILES string of the molecule is O=C1c2ccccc2C(=O)N1CCN1C(=O)C2[C@@H]3CC[C@H](C3)[C@H]2C1=O. The van der Waals surface area contributed by atoms with Crippen LogP contribution in [0.4, 0.5) is 0 Å². The van der Waals surface area contributed by atoms with Crippen LogP contribution in [-0.2, 0) is 9.59 Å². The van der Waals surface area contributed by atoms with E-state index in [-0.39, 0.29) is 48.6 Å². The van der Waals surface area contributed by atoms with Gasteiger partial charge in [-0.3, -0.25) is 29.0 Å². The van der Waals surface area contributed by atoms with Gasteiger partial charge in [-0.25, -0.2) is 0 Å². The summed E-state index contributed by atoms with van der Waals surface area (Å²) in [4.78, 5) is 52.6. The van der Waals surface area contributed by atoms with E-state index < -0.39 is 0 Å². The van der Waals surface area contributed by atoms with Gasteiger partial charge in [-0.2, -0.15) is 0 Å². The largest absolute Gasteiger partial charge is 0.280 e. The minimum Gasteiger partial charge on any atom is -0.280 e. The van der Waals surface area contributed by atoms with Crippen molar-refractivity contribution in [3.05, 3.63) is 35.4 Å². The van der Waals surface area contributed by atoms with Crippen LogP contribution in [0.1, 0.15) is 40.0 Å². The normalized spacial score (nSPS) is 32.8. The molecule has 6 nitrogen and oxygen atoms in total. The van der Waals surface area contributed by atoms with E-state index in [4.69, 9.17) is 0 Å². The lowest BCUT2D eigenvalue weighted by Crippen LogP contribution is -2.41. The maximum absolute atomic E-state index is 12.7. The van der Waals surface area contributed by atoms with Gasteiger partial charge in [0.25, 0.3) is 11.8 Å². The lowest BCUT2D eigenvalue weighted by molar-refractivity contribution is -0.140. The molecule has 1 unspecified atom stereocenters. The second-order valence-electron chi connectivity index (χ2n) is 7.52. The van der Waals surface area contributed by atoms with Crippen LogP contribution < -0.4 is 0 Å². The van der Waals surface area contributed by atoms with Crippen molar-refractivity contribution in [1.29, 1.82) is 0 Å². The van der Waals surface area contributed by atoms with Crippen LogP contribution in [0, 0.1) is 23.7 Å². The van der Waals surface area contributed by atoms with Gasteiger partial charge in [0.1, 0.15) is 0 Å². The quantitative estimate of drug-likeness (QED) is 0.779. The molecule has 25 heavy (non-hydrogen) atoms. The Hall–Kier alpha value is -2.50. The number of imide groups is 2. The summed E-state index contributed by atoms with van der Waals surface area (Å²) in [5.41, 5.74) is 0.781. The molecule has 1 saturated heterocycles. The number of hydrogen-bond donors (Lipinski definition) is 0. The van der Waals surface area contributed by atoms with E-state index in [1.807, 2.05) is 0 Å². The molecule has 0 spiro atoms. The van der Waals surface area contributed by atoms with Crippen molar-refractivity contribution in [3.63, 3.8) is 0 Å². The zero-order valence-electron chi connectivity index (χ0n) is 13.7. The number of hydrogen-bond acceptors (Lipinski definition) is 4. The van der Waals surface area contributed by atoms with Gasteiger partial charge in [-0.05, 0) is 43.2 Å². The van der Waals surface area contributed by atoms with Crippen LogP contribution in [0.25, 0.3) is 0 Å². The third kappa shape index (κ3) is 1.85. The minimum absolute atomic E-state index is 0.0681. The predicted octanol–water partition coefficient (Wildman–Crippen LogP) is 1.31. The molecule has 2 aliphatic carbocycles. The zero-order chi connectivity index (χ0) is 17.3. The minimum atomic E-state index is -0.347. The van der Waals surface area contributed by atoms with E-state index in [0.717, 1.165) is 24.2 Å². The standard InChI is InChI=1S/C19H18N2O4/c22-16-12-3-1-2-4-13(12)17(23)20(16)7-8-21-18(24)14-10-5-6-11(9-10)15(14)19(21)25/h1-4,10-11,14-15H,5-9H2/t10-,11-,14-,15?/m1/s1. The van der Waals surface area contributed by atoms with E-state index in [9.17, 15) is 19.2 Å². The van der Waals surface area contributed by atoms with Crippen LogP contribution in [-0.4, -0.2) is 46.5 Å². The molecule has 0 N–H and O–H groups in total. The maximum Gasteiger partial charge on any atom is 0.261 e. The summed E-state index contributed by atoms with van der Waals surface area (Å²) in [5.74, 6) is -0.522. The number of likely N-dealkylation sites (tertiary alicyclic amines) is 1. The Labute approximate surface area is 144 Å². The summed E-state index contributed by atoms with van der Waals surface area (Å²) in [6.07, 6.45) is 3.08. The molecule has 6 heteroatoms. The summed E-state index contributed by atoms with van der Waals surface area (Å²) >= 11 is 0. The molecule has 0 radical (unpaired) electrons. The molecule has 3 fully saturated rings. The Kier molecular flexibility index (Phi) is 2.96. The van der Waals surface area contributed by atoms with Gasteiger partial charge >= 0.3 is 0 Å². The van der Waals surface area contributed by atoms with Crippen LogP contribution in [0.3, 0.4) is 0 Å². The first-order chi connectivity index (χ1) is 12.1. The highest BCUT2D eigenvalue weighted by Gasteiger charge is 2.60. The second kappa shape index (κ2) is 5.00. The number of amides is 4. The van der Waals surface area contributed by atoms with E-state index in [1.165, 1.54) is 4.90 Å². The molecule has 2 bridgehead atoms. The molecule has 128 valence electrons. The number of nitrogens with zero attached hydrogens (tertiary/aromatic N) is 2. The average Bonchev–Trinajstić information content (AvgIpc) is 3.34. The van der Waals surface area contributed by atoms with E-state index >= 15 is 0 Å². The molecule has 0 aromatic heterocycles. The highest BCUT2D eigenvalue weighted by atomic mass is 16.2. The summed E-state index contributed by atoms with van der Waals surface area (Å²) < 4.78 is 0. The third-order valence-electron chi connectivity index (χ3n) is 6.44. The Morgan fingerprint density at radius 2 is 1.24 bits per heavy atom. The van der Waals surface area contributed by atoms with E-state index in [1.54, 1.807) is 24.3 Å². The summed E-state index contributed by atoms with van der Waals surface area (Å²) in [7, 11) is 0. The van der Waals surface area contributed by atoms with E-state index in [2.05, 4.69) is 0 Å². The third-order valence-corrected chi connectivity index (χ3v) is 6.44. The Morgan fingerprint density at radius 3 is 1.76 bits per heavy atom. The van der Waals surface area contributed by atoms with Crippen molar-refractivity contribution in [2.75, 3.05) is 13.1 Å². The Bertz CT molecular complexity index is 769. The smallest absolute Gasteiger partial charge is 0.261 e. The van der Waals surface area contributed by atoms with Gasteiger partial charge in [-0.1, -0.05) is 12.1 Å². The van der Waals surface area contributed by atoms with Crippen LogP contribution in [0.15, 0.2) is 24.3 Å². The lowest BCUT2D eigenvalue weighted by Gasteiger charge is -2.20. The number of rotatable bonds is 3. The molecular formula is C19H18N2O4. The van der Waals surface area contributed by atoms with Gasteiger partial charge in [0.2, 0.25) is 11.8 Å². The number of fused-ring (bicyclic) bond motifs is 6. The molecule has 2 saturated carbocycles. The van der Waals surface area contributed by atoms with Crippen molar-refractivity contribution in [1.82, 2.24) is 9.80 Å². The highest BCUT2D eigenvalue weighted by Crippen LogP contribution is 2.56. The van der Waals surface area contributed by atoms with Gasteiger partial charge in [0.15, 0.2) is 0 Å². The predicted molar refractivity (Wildman–Crippen MR) is 86.3 cm³/mol. The fourth-order valence-electron chi connectivity index (χ4n) is 5.33. The Morgan fingerprint density at radius 1 is 0.760 bits per heavy atom. The molecule has 2 aliphatic heterocycles. The number of carbonyl (C=O) groups is 4. The monoisotopic (exact) mass is 338 g/mol. The topological polar surface area (TPSA) is 74.8 Å². The molecule has 2 heterocycles.